The fraction of sp³-hybridized carbons (Fsp3) is 0.500. The Labute approximate surface area is 138 Å². The van der Waals surface area contributed by atoms with Crippen molar-refractivity contribution < 1.29 is 14.7 Å². The zero-order valence-corrected chi connectivity index (χ0v) is 14.4. The minimum Gasteiger partial charge on any atom is -0.480 e. The number of hydrogen-bond acceptors (Lipinski definition) is 2. The maximum atomic E-state index is 12.5. The van der Waals surface area contributed by atoms with Crippen LogP contribution in [-0.2, 0) is 4.79 Å². The molecule has 2 rings (SSSR count). The van der Waals surface area contributed by atoms with E-state index in [9.17, 15) is 14.7 Å². The molecular formula is C16H20INO3. The number of carbonyl (C=O) groups is 2. The maximum Gasteiger partial charge on any atom is 0.329 e. The van der Waals surface area contributed by atoms with Crippen molar-refractivity contribution in [2.45, 2.75) is 45.1 Å². The van der Waals surface area contributed by atoms with E-state index in [1.165, 1.54) is 0 Å². The molecule has 0 bridgehead atoms. The first kappa shape index (κ1) is 16.3. The van der Waals surface area contributed by atoms with E-state index in [0.717, 1.165) is 22.0 Å². The number of amides is 1. The Kier molecular flexibility index (Phi) is 4.91. The van der Waals surface area contributed by atoms with Gasteiger partial charge in [-0.1, -0.05) is 19.1 Å². The summed E-state index contributed by atoms with van der Waals surface area (Å²) in [6, 6.07) is 5.50. The molecule has 0 atom stereocenters. The molecule has 0 aliphatic heterocycles. The molecular weight excluding hydrogens is 381 g/mol. The van der Waals surface area contributed by atoms with Gasteiger partial charge in [0.2, 0.25) is 0 Å². The molecule has 1 aliphatic rings. The molecule has 2 N–H and O–H groups in total. The summed E-state index contributed by atoms with van der Waals surface area (Å²) in [5.41, 5.74) is 0.455. The lowest BCUT2D eigenvalue weighted by Gasteiger charge is -2.36. The van der Waals surface area contributed by atoms with Crippen molar-refractivity contribution in [1.29, 1.82) is 0 Å². The van der Waals surface area contributed by atoms with E-state index < -0.39 is 11.5 Å². The van der Waals surface area contributed by atoms with E-state index in [1.807, 2.05) is 19.1 Å². The van der Waals surface area contributed by atoms with Crippen molar-refractivity contribution in [2.24, 2.45) is 5.92 Å². The third-order valence-corrected chi connectivity index (χ3v) is 5.76. The van der Waals surface area contributed by atoms with Crippen molar-refractivity contribution >= 4 is 34.5 Å². The highest BCUT2D eigenvalue weighted by molar-refractivity contribution is 14.1. The number of nitrogens with one attached hydrogen (secondary N) is 1. The van der Waals surface area contributed by atoms with E-state index in [-0.39, 0.29) is 5.91 Å². The van der Waals surface area contributed by atoms with Crippen LogP contribution in [-0.4, -0.2) is 22.5 Å². The van der Waals surface area contributed by atoms with Crippen LogP contribution in [0.3, 0.4) is 0 Å². The Balaban J connectivity index is 2.23. The first-order valence-corrected chi connectivity index (χ1v) is 8.24. The number of carboxylic acid groups (broad SMARTS) is 1. The summed E-state index contributed by atoms with van der Waals surface area (Å²) >= 11 is 2.13. The van der Waals surface area contributed by atoms with Crippen molar-refractivity contribution in [1.82, 2.24) is 5.32 Å². The molecule has 21 heavy (non-hydrogen) atoms. The zero-order chi connectivity index (χ0) is 15.6. The number of carbonyl (C=O) groups excluding carboxylic acids is 1. The van der Waals surface area contributed by atoms with Crippen LogP contribution >= 0.6 is 22.6 Å². The molecule has 1 fully saturated rings. The highest BCUT2D eigenvalue weighted by Gasteiger charge is 2.42. The number of aryl methyl sites for hydroxylation is 1. The van der Waals surface area contributed by atoms with Crippen molar-refractivity contribution in [3.8, 4) is 0 Å². The SMILES string of the molecule is Cc1cccc(C(=O)NC2(C(=O)O)CCC(C)CC2)c1I. The van der Waals surface area contributed by atoms with Gasteiger partial charge in [-0.25, -0.2) is 4.79 Å². The lowest BCUT2D eigenvalue weighted by molar-refractivity contribution is -0.146. The molecule has 4 nitrogen and oxygen atoms in total. The van der Waals surface area contributed by atoms with Gasteiger partial charge in [-0.15, -0.1) is 0 Å². The molecule has 0 unspecified atom stereocenters. The number of rotatable bonds is 3. The number of aliphatic carboxylic acids is 1. The maximum absolute atomic E-state index is 12.5. The van der Waals surface area contributed by atoms with Crippen LogP contribution in [0.15, 0.2) is 18.2 Å². The minimum absolute atomic E-state index is 0.292. The largest absolute Gasteiger partial charge is 0.480 e. The fourth-order valence-electron chi connectivity index (χ4n) is 2.75. The topological polar surface area (TPSA) is 66.4 Å². The van der Waals surface area contributed by atoms with Gasteiger partial charge in [-0.2, -0.15) is 0 Å². The van der Waals surface area contributed by atoms with Crippen molar-refractivity contribution in [3.05, 3.63) is 32.9 Å². The smallest absolute Gasteiger partial charge is 0.329 e. The Morgan fingerprint density at radius 3 is 2.52 bits per heavy atom. The molecule has 1 aromatic rings. The highest BCUT2D eigenvalue weighted by atomic mass is 127. The molecule has 114 valence electrons. The number of carboxylic acids is 1. The molecule has 5 heteroatoms. The first-order valence-electron chi connectivity index (χ1n) is 7.17. The third-order valence-electron chi connectivity index (χ3n) is 4.33. The van der Waals surface area contributed by atoms with Crippen LogP contribution in [0.25, 0.3) is 0 Å². The molecule has 1 amide bonds. The molecule has 0 radical (unpaired) electrons. The van der Waals surface area contributed by atoms with Gasteiger partial charge in [0, 0.05) is 3.57 Å². The van der Waals surface area contributed by atoms with E-state index in [2.05, 4.69) is 34.8 Å². The average molecular weight is 401 g/mol. The average Bonchev–Trinajstić information content (AvgIpc) is 2.44. The summed E-state index contributed by atoms with van der Waals surface area (Å²) in [5, 5.41) is 12.4. The van der Waals surface area contributed by atoms with Crippen LogP contribution in [0, 0.1) is 16.4 Å². The van der Waals surface area contributed by atoms with E-state index >= 15 is 0 Å². The molecule has 0 spiro atoms. The van der Waals surface area contributed by atoms with Crippen molar-refractivity contribution in [2.75, 3.05) is 0 Å². The third kappa shape index (κ3) is 3.39. The molecule has 0 heterocycles. The summed E-state index contributed by atoms with van der Waals surface area (Å²) in [7, 11) is 0. The van der Waals surface area contributed by atoms with Crippen LogP contribution in [0.1, 0.15) is 48.5 Å². The van der Waals surface area contributed by atoms with Crippen LogP contribution < -0.4 is 5.32 Å². The van der Waals surface area contributed by atoms with Gasteiger partial charge in [0.25, 0.3) is 5.91 Å². The summed E-state index contributed by atoms with van der Waals surface area (Å²) in [6.07, 6.45) is 2.66. The number of halogens is 1. The number of benzene rings is 1. The molecule has 1 saturated carbocycles. The second-order valence-corrected chi connectivity index (χ2v) is 7.04. The summed E-state index contributed by atoms with van der Waals surface area (Å²) in [6.45, 7) is 4.06. The molecule has 0 saturated heterocycles. The predicted octanol–water partition coefficient (Wildman–Crippen LogP) is 3.36. The number of hydrogen-bond donors (Lipinski definition) is 2. The van der Waals surface area contributed by atoms with E-state index in [1.54, 1.807) is 6.07 Å². The second kappa shape index (κ2) is 6.34. The van der Waals surface area contributed by atoms with Gasteiger partial charge >= 0.3 is 5.97 Å². The fourth-order valence-corrected chi connectivity index (χ4v) is 3.36. The highest BCUT2D eigenvalue weighted by Crippen LogP contribution is 2.32. The van der Waals surface area contributed by atoms with Gasteiger partial charge in [0.1, 0.15) is 5.54 Å². The quantitative estimate of drug-likeness (QED) is 0.764. The van der Waals surface area contributed by atoms with Crippen LogP contribution in [0.4, 0.5) is 0 Å². The Bertz CT molecular complexity index is 563. The Morgan fingerprint density at radius 1 is 1.33 bits per heavy atom. The normalized spacial score (nSPS) is 25.4. The van der Waals surface area contributed by atoms with Gasteiger partial charge in [-0.3, -0.25) is 4.79 Å². The lowest BCUT2D eigenvalue weighted by Crippen LogP contribution is -2.56. The van der Waals surface area contributed by atoms with Gasteiger partial charge in [0.05, 0.1) is 5.56 Å². The van der Waals surface area contributed by atoms with E-state index in [0.29, 0.717) is 24.3 Å². The Hall–Kier alpha value is -1.11. The molecule has 1 aromatic carbocycles. The van der Waals surface area contributed by atoms with Crippen molar-refractivity contribution in [3.63, 3.8) is 0 Å². The van der Waals surface area contributed by atoms with Gasteiger partial charge in [0.15, 0.2) is 0 Å². The Morgan fingerprint density at radius 2 is 1.95 bits per heavy atom. The van der Waals surface area contributed by atoms with E-state index in [4.69, 9.17) is 0 Å². The predicted molar refractivity (Wildman–Crippen MR) is 89.4 cm³/mol. The lowest BCUT2D eigenvalue weighted by atomic mass is 9.77. The zero-order valence-electron chi connectivity index (χ0n) is 12.3. The summed E-state index contributed by atoms with van der Waals surface area (Å²) in [4.78, 5) is 24.2. The summed E-state index contributed by atoms with van der Waals surface area (Å²) < 4.78 is 0.873. The minimum atomic E-state index is -1.11. The van der Waals surface area contributed by atoms with Gasteiger partial charge < -0.3 is 10.4 Å². The second-order valence-electron chi connectivity index (χ2n) is 5.96. The molecule has 1 aliphatic carbocycles. The first-order chi connectivity index (χ1) is 9.85. The van der Waals surface area contributed by atoms with Crippen LogP contribution in [0.2, 0.25) is 0 Å². The van der Waals surface area contributed by atoms with Gasteiger partial charge in [-0.05, 0) is 72.7 Å². The monoisotopic (exact) mass is 401 g/mol. The van der Waals surface area contributed by atoms with Crippen LogP contribution in [0.5, 0.6) is 0 Å². The molecule has 0 aromatic heterocycles. The standard InChI is InChI=1S/C16H20INO3/c1-10-6-8-16(9-7-10,15(20)21)18-14(19)12-5-3-4-11(2)13(12)17/h3-5,10H,6-9H2,1-2H3,(H,18,19)(H,20,21). The summed E-state index contributed by atoms with van der Waals surface area (Å²) in [5.74, 6) is -0.695.